The summed E-state index contributed by atoms with van der Waals surface area (Å²) in [7, 11) is 0. The summed E-state index contributed by atoms with van der Waals surface area (Å²) in [5, 5.41) is 0. The number of hydrogen-bond acceptors (Lipinski definition) is 3. The van der Waals surface area contributed by atoms with Crippen LogP contribution in [0.15, 0.2) is 18.2 Å². The van der Waals surface area contributed by atoms with Crippen molar-refractivity contribution in [1.29, 1.82) is 0 Å². The molecular weight excluding hydrogens is 286 g/mol. The zero-order valence-corrected chi connectivity index (χ0v) is 10.8. The molecule has 0 aliphatic heterocycles. The normalized spacial score (nSPS) is 14.3. The standard InChI is InChI=1S/C14H11F4N3/c15-9-5-7(4-8(6-9)14(16,17)18)13-20-11-3-1-2-10(11)12(19)21-13/h4-6H,1-3H2,(H2,19,20,21). The van der Waals surface area contributed by atoms with Crippen LogP contribution in [-0.4, -0.2) is 9.97 Å². The topological polar surface area (TPSA) is 51.8 Å². The number of nitrogens with zero attached hydrogens (tertiary/aromatic N) is 2. The number of hydrogen-bond donors (Lipinski definition) is 1. The summed E-state index contributed by atoms with van der Waals surface area (Å²) >= 11 is 0. The summed E-state index contributed by atoms with van der Waals surface area (Å²) < 4.78 is 51.6. The van der Waals surface area contributed by atoms with Gasteiger partial charge < -0.3 is 5.73 Å². The van der Waals surface area contributed by atoms with Gasteiger partial charge in [0, 0.05) is 16.8 Å². The number of fused-ring (bicyclic) bond motifs is 1. The molecule has 0 amide bonds. The monoisotopic (exact) mass is 297 g/mol. The number of halogens is 4. The zero-order valence-electron chi connectivity index (χ0n) is 10.8. The highest BCUT2D eigenvalue weighted by Gasteiger charge is 2.32. The fourth-order valence-electron chi connectivity index (χ4n) is 2.47. The second-order valence-electron chi connectivity index (χ2n) is 4.94. The van der Waals surface area contributed by atoms with Gasteiger partial charge >= 0.3 is 6.18 Å². The Bertz CT molecular complexity index is 710. The summed E-state index contributed by atoms with van der Waals surface area (Å²) in [6.07, 6.45) is -2.28. The van der Waals surface area contributed by atoms with E-state index in [1.165, 1.54) is 0 Å². The van der Waals surface area contributed by atoms with Crippen LogP contribution in [0.2, 0.25) is 0 Å². The molecule has 2 N–H and O–H groups in total. The van der Waals surface area contributed by atoms with Gasteiger partial charge in [0.15, 0.2) is 5.82 Å². The molecule has 3 rings (SSSR count). The van der Waals surface area contributed by atoms with Gasteiger partial charge in [-0.1, -0.05) is 0 Å². The van der Waals surface area contributed by atoms with Crippen molar-refractivity contribution in [2.45, 2.75) is 25.4 Å². The summed E-state index contributed by atoms with van der Waals surface area (Å²) in [4.78, 5) is 8.24. The minimum Gasteiger partial charge on any atom is -0.383 e. The summed E-state index contributed by atoms with van der Waals surface area (Å²) in [5.74, 6) is -0.703. The highest BCUT2D eigenvalue weighted by Crippen LogP contribution is 2.33. The zero-order chi connectivity index (χ0) is 15.2. The molecule has 0 bridgehead atoms. The minimum absolute atomic E-state index is 0.0243. The first-order chi connectivity index (χ1) is 9.84. The number of rotatable bonds is 1. The van der Waals surface area contributed by atoms with Crippen LogP contribution >= 0.6 is 0 Å². The number of benzene rings is 1. The Morgan fingerprint density at radius 2 is 1.81 bits per heavy atom. The number of aryl methyl sites for hydroxylation is 1. The molecule has 110 valence electrons. The van der Waals surface area contributed by atoms with Crippen LogP contribution in [-0.2, 0) is 19.0 Å². The lowest BCUT2D eigenvalue weighted by Crippen LogP contribution is -2.07. The van der Waals surface area contributed by atoms with Gasteiger partial charge in [-0.05, 0) is 37.5 Å². The maximum atomic E-state index is 13.4. The highest BCUT2D eigenvalue weighted by atomic mass is 19.4. The van der Waals surface area contributed by atoms with Crippen molar-refractivity contribution in [3.05, 3.63) is 40.8 Å². The molecule has 1 aromatic heterocycles. The molecule has 3 nitrogen and oxygen atoms in total. The van der Waals surface area contributed by atoms with Crippen molar-refractivity contribution in [2.75, 3.05) is 5.73 Å². The van der Waals surface area contributed by atoms with Crippen LogP contribution < -0.4 is 5.73 Å². The molecule has 1 heterocycles. The molecule has 7 heteroatoms. The minimum atomic E-state index is -4.63. The van der Waals surface area contributed by atoms with Gasteiger partial charge in [-0.3, -0.25) is 0 Å². The van der Waals surface area contributed by atoms with E-state index in [0.29, 0.717) is 12.5 Å². The van der Waals surface area contributed by atoms with Gasteiger partial charge in [0.05, 0.1) is 5.56 Å². The molecule has 0 radical (unpaired) electrons. The first-order valence-electron chi connectivity index (χ1n) is 6.38. The average Bonchev–Trinajstić information content (AvgIpc) is 2.85. The van der Waals surface area contributed by atoms with E-state index in [0.717, 1.165) is 36.2 Å². The van der Waals surface area contributed by atoms with Gasteiger partial charge in [-0.15, -0.1) is 0 Å². The average molecular weight is 297 g/mol. The van der Waals surface area contributed by atoms with Crippen LogP contribution in [0.25, 0.3) is 11.4 Å². The molecule has 1 aliphatic carbocycles. The smallest absolute Gasteiger partial charge is 0.383 e. The van der Waals surface area contributed by atoms with Crippen LogP contribution in [0.1, 0.15) is 23.2 Å². The lowest BCUT2D eigenvalue weighted by molar-refractivity contribution is -0.137. The molecule has 21 heavy (non-hydrogen) atoms. The second kappa shape index (κ2) is 4.68. The second-order valence-corrected chi connectivity index (χ2v) is 4.94. The Morgan fingerprint density at radius 1 is 1.05 bits per heavy atom. The maximum Gasteiger partial charge on any atom is 0.416 e. The van der Waals surface area contributed by atoms with E-state index in [1.54, 1.807) is 0 Å². The number of alkyl halides is 3. The largest absolute Gasteiger partial charge is 0.416 e. The summed E-state index contributed by atoms with van der Waals surface area (Å²) in [6, 6.07) is 2.25. The molecule has 1 aromatic carbocycles. The quantitative estimate of drug-likeness (QED) is 0.821. The molecule has 0 saturated carbocycles. The van der Waals surface area contributed by atoms with E-state index in [1.807, 2.05) is 0 Å². The van der Waals surface area contributed by atoms with Crippen molar-refractivity contribution >= 4 is 5.82 Å². The summed E-state index contributed by atoms with van der Waals surface area (Å²) in [6.45, 7) is 0. The summed E-state index contributed by atoms with van der Waals surface area (Å²) in [5.41, 5.74) is 6.28. The molecule has 0 unspecified atom stereocenters. The Labute approximate surface area is 117 Å². The van der Waals surface area contributed by atoms with Crippen LogP contribution in [0, 0.1) is 5.82 Å². The first-order valence-corrected chi connectivity index (χ1v) is 6.38. The van der Waals surface area contributed by atoms with Crippen LogP contribution in [0.4, 0.5) is 23.4 Å². The number of nitrogens with two attached hydrogens (primary N) is 1. The Morgan fingerprint density at radius 3 is 2.52 bits per heavy atom. The predicted molar refractivity (Wildman–Crippen MR) is 68.9 cm³/mol. The Hall–Kier alpha value is -2.18. The molecule has 1 aliphatic rings. The third-order valence-electron chi connectivity index (χ3n) is 3.45. The highest BCUT2D eigenvalue weighted by molar-refractivity contribution is 5.60. The van der Waals surface area contributed by atoms with Crippen LogP contribution in [0.3, 0.4) is 0 Å². The Balaban J connectivity index is 2.13. The molecular formula is C14H11F4N3. The van der Waals surface area contributed by atoms with E-state index < -0.39 is 17.6 Å². The number of aromatic nitrogens is 2. The van der Waals surface area contributed by atoms with Crippen molar-refractivity contribution < 1.29 is 17.6 Å². The number of nitrogen functional groups attached to an aromatic ring is 1. The molecule has 0 spiro atoms. The maximum absolute atomic E-state index is 13.4. The third kappa shape index (κ3) is 2.55. The molecule has 0 fully saturated rings. The fourth-order valence-corrected chi connectivity index (χ4v) is 2.47. The number of anilines is 1. The van der Waals surface area contributed by atoms with E-state index in [4.69, 9.17) is 5.73 Å². The third-order valence-corrected chi connectivity index (χ3v) is 3.45. The van der Waals surface area contributed by atoms with Crippen molar-refractivity contribution in [3.8, 4) is 11.4 Å². The van der Waals surface area contributed by atoms with Gasteiger partial charge in [-0.25, -0.2) is 14.4 Å². The van der Waals surface area contributed by atoms with E-state index in [-0.39, 0.29) is 17.2 Å². The van der Waals surface area contributed by atoms with E-state index >= 15 is 0 Å². The van der Waals surface area contributed by atoms with Crippen molar-refractivity contribution in [2.24, 2.45) is 0 Å². The molecule has 0 atom stereocenters. The Kier molecular flexibility index (Phi) is 3.07. The van der Waals surface area contributed by atoms with Crippen LogP contribution in [0.5, 0.6) is 0 Å². The van der Waals surface area contributed by atoms with Gasteiger partial charge in [0.1, 0.15) is 11.6 Å². The van der Waals surface area contributed by atoms with Crippen molar-refractivity contribution in [1.82, 2.24) is 9.97 Å². The fraction of sp³-hybridized carbons (Fsp3) is 0.286. The van der Waals surface area contributed by atoms with E-state index in [2.05, 4.69) is 9.97 Å². The lowest BCUT2D eigenvalue weighted by Gasteiger charge is -2.10. The van der Waals surface area contributed by atoms with Crippen molar-refractivity contribution in [3.63, 3.8) is 0 Å². The predicted octanol–water partition coefficient (Wildman–Crippen LogP) is 3.37. The van der Waals surface area contributed by atoms with E-state index in [9.17, 15) is 17.6 Å². The van der Waals surface area contributed by atoms with Gasteiger partial charge in [0.2, 0.25) is 0 Å². The lowest BCUT2D eigenvalue weighted by atomic mass is 10.1. The van der Waals surface area contributed by atoms with Gasteiger partial charge in [-0.2, -0.15) is 13.2 Å². The first kappa shape index (κ1) is 13.8. The SMILES string of the molecule is Nc1nc(-c2cc(F)cc(C(F)(F)F)c2)nc2c1CCC2. The van der Waals surface area contributed by atoms with Gasteiger partial charge in [0.25, 0.3) is 0 Å². The molecule has 0 saturated heterocycles. The molecule has 2 aromatic rings.